The molecule has 1 heterocycles. The first-order valence-corrected chi connectivity index (χ1v) is 8.41. The summed E-state index contributed by atoms with van der Waals surface area (Å²) in [6, 6.07) is 6.68. The molecule has 0 aliphatic rings. The van der Waals surface area contributed by atoms with Gasteiger partial charge in [-0.15, -0.1) is 0 Å². The van der Waals surface area contributed by atoms with E-state index in [9.17, 15) is 9.59 Å². The van der Waals surface area contributed by atoms with Crippen LogP contribution in [0.25, 0.3) is 11.1 Å². The zero-order valence-electron chi connectivity index (χ0n) is 16.5. The number of rotatable bonds is 4. The molecule has 2 aromatic rings. The number of hydrogen-bond acceptors (Lipinski definition) is 6. The van der Waals surface area contributed by atoms with Crippen molar-refractivity contribution in [1.29, 1.82) is 0 Å². The molecule has 2 rings (SSSR count). The largest absolute Gasteiger partial charge is 0.465 e. The minimum Gasteiger partial charge on any atom is -0.465 e. The Bertz CT molecular complexity index is 985. The number of ether oxygens (including phenoxy) is 2. The van der Waals surface area contributed by atoms with Gasteiger partial charge in [0.05, 0.1) is 42.4 Å². The fourth-order valence-corrected chi connectivity index (χ4v) is 2.86. The Morgan fingerprint density at radius 2 is 1.52 bits per heavy atom. The van der Waals surface area contributed by atoms with Crippen molar-refractivity contribution in [2.45, 2.75) is 13.8 Å². The van der Waals surface area contributed by atoms with Crippen LogP contribution in [-0.2, 0) is 9.47 Å². The molecule has 29 heavy (non-hydrogen) atoms. The Hall–Kier alpha value is -3.95. The van der Waals surface area contributed by atoms with Crippen LogP contribution in [0.15, 0.2) is 34.3 Å². The van der Waals surface area contributed by atoms with Crippen molar-refractivity contribution < 1.29 is 19.1 Å². The molecule has 10 heteroatoms. The monoisotopic (exact) mass is 398 g/mol. The number of nitrogens with two attached hydrogens (primary N) is 3. The summed E-state index contributed by atoms with van der Waals surface area (Å²) in [6.45, 7) is 3.31. The molecule has 0 saturated carbocycles. The van der Waals surface area contributed by atoms with Gasteiger partial charge in [-0.1, -0.05) is 12.1 Å². The van der Waals surface area contributed by atoms with Crippen molar-refractivity contribution in [3.63, 3.8) is 0 Å². The summed E-state index contributed by atoms with van der Waals surface area (Å²) in [5, 5.41) is 0. The number of esters is 2. The lowest BCUT2D eigenvalue weighted by atomic mass is 9.92. The van der Waals surface area contributed by atoms with Gasteiger partial charge >= 0.3 is 11.9 Å². The van der Waals surface area contributed by atoms with Crippen LogP contribution in [0, 0.1) is 13.8 Å². The lowest BCUT2D eigenvalue weighted by Crippen LogP contribution is -2.26. The molecule has 1 aromatic carbocycles. The molecule has 0 unspecified atom stereocenters. The number of aryl methyl sites for hydroxylation is 2. The summed E-state index contributed by atoms with van der Waals surface area (Å²) in [4.78, 5) is 37.0. The van der Waals surface area contributed by atoms with Crippen LogP contribution in [0.3, 0.4) is 0 Å². The number of pyridine rings is 1. The van der Waals surface area contributed by atoms with E-state index in [-0.39, 0.29) is 23.0 Å². The van der Waals surface area contributed by atoms with E-state index in [0.29, 0.717) is 28.2 Å². The van der Waals surface area contributed by atoms with Gasteiger partial charge in [-0.25, -0.2) is 14.6 Å². The molecule has 10 nitrogen and oxygen atoms in total. The third-order valence-electron chi connectivity index (χ3n) is 3.96. The smallest absolute Gasteiger partial charge is 0.340 e. The lowest BCUT2D eigenvalue weighted by Gasteiger charge is -2.17. The first-order valence-electron chi connectivity index (χ1n) is 8.41. The van der Waals surface area contributed by atoms with Gasteiger partial charge < -0.3 is 26.7 Å². The van der Waals surface area contributed by atoms with Gasteiger partial charge in [0.2, 0.25) is 5.96 Å². The molecule has 0 aliphatic heterocycles. The summed E-state index contributed by atoms with van der Waals surface area (Å²) < 4.78 is 9.80. The second kappa shape index (κ2) is 8.83. The molecule has 0 saturated heterocycles. The fourth-order valence-electron chi connectivity index (χ4n) is 2.86. The Labute approximate surface area is 167 Å². The van der Waals surface area contributed by atoms with Crippen LogP contribution in [0.2, 0.25) is 0 Å². The number of methoxy groups -OCH3 is 2. The van der Waals surface area contributed by atoms with Crippen molar-refractivity contribution >= 4 is 29.5 Å². The third kappa shape index (κ3) is 4.67. The standard InChI is InChI=1S/C19H22N6O4/c1-9-13(16(26)28-3)15(14(10(2)23-9)17(27)29-4)11-6-5-7-12(8-11)24-19(22)25-18(20)21/h5-8H,1-4H3,(H6,20,21,22,24,25). The Morgan fingerprint density at radius 3 is 2.00 bits per heavy atom. The van der Waals surface area contributed by atoms with Gasteiger partial charge in [-0.3, -0.25) is 4.98 Å². The Balaban J connectivity index is 2.83. The lowest BCUT2D eigenvalue weighted by molar-refractivity contribution is 0.0599. The summed E-state index contributed by atoms with van der Waals surface area (Å²) in [5.74, 6) is -1.65. The highest BCUT2D eigenvalue weighted by Gasteiger charge is 2.27. The van der Waals surface area contributed by atoms with Crippen molar-refractivity contribution in [2.24, 2.45) is 27.2 Å². The minimum atomic E-state index is -0.635. The number of aliphatic imine (C=N–C) groups is 2. The molecule has 1 aromatic heterocycles. The predicted molar refractivity (Wildman–Crippen MR) is 109 cm³/mol. The topological polar surface area (TPSA) is 168 Å². The van der Waals surface area contributed by atoms with Crippen LogP contribution in [0.1, 0.15) is 32.1 Å². The second-order valence-corrected chi connectivity index (χ2v) is 5.95. The molecular weight excluding hydrogens is 376 g/mol. The molecule has 6 N–H and O–H groups in total. The average molecular weight is 398 g/mol. The van der Waals surface area contributed by atoms with E-state index in [1.54, 1.807) is 38.1 Å². The first kappa shape index (κ1) is 21.4. The van der Waals surface area contributed by atoms with E-state index in [1.165, 1.54) is 14.2 Å². The fraction of sp³-hybridized carbons (Fsp3) is 0.211. The number of guanidine groups is 2. The zero-order valence-corrected chi connectivity index (χ0v) is 16.5. The maximum atomic E-state index is 12.5. The molecule has 0 bridgehead atoms. The summed E-state index contributed by atoms with van der Waals surface area (Å²) >= 11 is 0. The van der Waals surface area contributed by atoms with Gasteiger partial charge in [-0.05, 0) is 31.5 Å². The van der Waals surface area contributed by atoms with Crippen molar-refractivity contribution in [2.75, 3.05) is 14.2 Å². The molecular formula is C19H22N6O4. The summed E-state index contributed by atoms with van der Waals surface area (Å²) in [7, 11) is 2.50. The number of benzene rings is 1. The average Bonchev–Trinajstić information content (AvgIpc) is 2.65. The van der Waals surface area contributed by atoms with E-state index in [4.69, 9.17) is 26.7 Å². The highest BCUT2D eigenvalue weighted by Crippen LogP contribution is 2.34. The van der Waals surface area contributed by atoms with E-state index >= 15 is 0 Å². The van der Waals surface area contributed by atoms with Crippen LogP contribution in [0.5, 0.6) is 0 Å². The molecule has 0 atom stereocenters. The van der Waals surface area contributed by atoms with Gasteiger partial charge in [0.15, 0.2) is 5.96 Å². The maximum absolute atomic E-state index is 12.5. The quantitative estimate of drug-likeness (QED) is 0.391. The molecule has 152 valence electrons. The molecule has 0 fully saturated rings. The van der Waals surface area contributed by atoms with E-state index in [0.717, 1.165) is 0 Å². The van der Waals surface area contributed by atoms with E-state index < -0.39 is 11.9 Å². The number of carbonyl (C=O) groups excluding carboxylic acids is 2. The van der Waals surface area contributed by atoms with Gasteiger partial charge in [0.1, 0.15) is 0 Å². The van der Waals surface area contributed by atoms with Crippen LogP contribution >= 0.6 is 0 Å². The third-order valence-corrected chi connectivity index (χ3v) is 3.96. The number of aromatic nitrogens is 1. The summed E-state index contributed by atoms with van der Waals surface area (Å²) in [5.41, 5.74) is 18.6. The van der Waals surface area contributed by atoms with E-state index in [1.807, 2.05) is 0 Å². The van der Waals surface area contributed by atoms with Crippen molar-refractivity contribution in [1.82, 2.24) is 4.98 Å². The number of hydrogen-bond donors (Lipinski definition) is 3. The van der Waals surface area contributed by atoms with Crippen molar-refractivity contribution in [3.8, 4) is 11.1 Å². The SMILES string of the molecule is COC(=O)c1c(C)nc(C)c(C(=O)OC)c1-c1cccc(N=C(N)N=C(N)N)c1. The zero-order chi connectivity index (χ0) is 21.7. The molecule has 0 radical (unpaired) electrons. The minimum absolute atomic E-state index is 0.148. The number of carbonyl (C=O) groups is 2. The first-order chi connectivity index (χ1) is 13.7. The van der Waals surface area contributed by atoms with Gasteiger partial charge in [-0.2, -0.15) is 4.99 Å². The van der Waals surface area contributed by atoms with Gasteiger partial charge in [0, 0.05) is 5.56 Å². The highest BCUT2D eigenvalue weighted by atomic mass is 16.5. The van der Waals surface area contributed by atoms with Crippen molar-refractivity contribution in [3.05, 3.63) is 46.8 Å². The predicted octanol–water partition coefficient (Wildman–Crippen LogP) is 1.16. The second-order valence-electron chi connectivity index (χ2n) is 5.95. The normalized spacial score (nSPS) is 11.0. The molecule has 0 amide bonds. The van der Waals surface area contributed by atoms with E-state index in [2.05, 4.69) is 15.0 Å². The maximum Gasteiger partial charge on any atom is 0.340 e. The molecule has 0 aliphatic carbocycles. The van der Waals surface area contributed by atoms with Crippen LogP contribution < -0.4 is 17.2 Å². The van der Waals surface area contributed by atoms with Crippen LogP contribution in [-0.4, -0.2) is 43.1 Å². The highest BCUT2D eigenvalue weighted by molar-refractivity contribution is 6.07. The number of nitrogens with zero attached hydrogens (tertiary/aromatic N) is 3. The molecule has 0 spiro atoms. The Kier molecular flexibility index (Phi) is 6.50. The Morgan fingerprint density at radius 1 is 0.966 bits per heavy atom. The summed E-state index contributed by atoms with van der Waals surface area (Å²) in [6.07, 6.45) is 0. The van der Waals surface area contributed by atoms with Crippen LogP contribution in [0.4, 0.5) is 5.69 Å². The van der Waals surface area contributed by atoms with Gasteiger partial charge in [0.25, 0.3) is 0 Å².